The summed E-state index contributed by atoms with van der Waals surface area (Å²) in [5.41, 5.74) is 28.8. The number of benzene rings is 4. The number of nitrogens with one attached hydrogen (secondary N) is 2. The number of allylic oxidation sites excluding steroid dienone is 4. The lowest BCUT2D eigenvalue weighted by molar-refractivity contribution is 0.0510. The molecule has 0 atom stereocenters. The largest absolute Gasteiger partial charge is 0.371 e. The Morgan fingerprint density at radius 2 is 0.827 bits per heavy atom. The molecule has 0 spiro atoms. The fourth-order valence-corrected chi connectivity index (χ4v) is 17.3. The van der Waals surface area contributed by atoms with Crippen molar-refractivity contribution >= 4 is 84.4 Å². The Kier molecular flexibility index (Phi) is 23.4. The summed E-state index contributed by atoms with van der Waals surface area (Å²) in [5.74, 6) is -1.45. The molecule has 7 aromatic rings. The van der Waals surface area contributed by atoms with Gasteiger partial charge in [0, 0.05) is 86.6 Å². The number of hydrogen-bond acceptors (Lipinski definition) is 7. The lowest BCUT2D eigenvalue weighted by atomic mass is 9.78. The van der Waals surface area contributed by atoms with E-state index in [0.717, 1.165) is 141 Å². The van der Waals surface area contributed by atoms with Crippen molar-refractivity contribution in [3.05, 3.63) is 157 Å². The van der Waals surface area contributed by atoms with E-state index in [1.165, 1.54) is 152 Å². The van der Waals surface area contributed by atoms with E-state index in [4.69, 9.17) is 9.97 Å². The molecule has 11 heteroatoms. The van der Waals surface area contributed by atoms with E-state index >= 15 is 0 Å². The number of rotatable bonds is 29. The second kappa shape index (κ2) is 32.3. The van der Waals surface area contributed by atoms with Crippen molar-refractivity contribution in [1.29, 1.82) is 0 Å². The molecule has 3 aromatic heterocycles. The molecule has 12 rings (SSSR count). The summed E-state index contributed by atoms with van der Waals surface area (Å²) in [4.78, 5) is 83.3. The molecule has 0 radical (unpaired) electrons. The zero-order valence-electron chi connectivity index (χ0n) is 66.0. The number of nitrogens with zero attached hydrogens (tertiary/aromatic N) is 5. The van der Waals surface area contributed by atoms with E-state index in [1.807, 2.05) is 0 Å². The number of aryl methyl sites for hydroxylation is 4. The summed E-state index contributed by atoms with van der Waals surface area (Å²) in [5, 5.41) is 0.855. The van der Waals surface area contributed by atoms with E-state index in [1.54, 1.807) is 24.3 Å². The van der Waals surface area contributed by atoms with Crippen LogP contribution >= 0.6 is 0 Å². The average Bonchev–Trinajstić information content (AvgIpc) is 0.947. The first-order valence-electron chi connectivity index (χ1n) is 40.6. The maximum absolute atomic E-state index is 14.8. The number of imide groups is 2. The summed E-state index contributed by atoms with van der Waals surface area (Å²) in [7, 11) is 0. The second-order valence-electron chi connectivity index (χ2n) is 33.2. The summed E-state index contributed by atoms with van der Waals surface area (Å²) < 4.78 is 0. The highest BCUT2D eigenvalue weighted by Gasteiger charge is 2.43. The lowest BCUT2D eigenvalue weighted by Crippen LogP contribution is -2.52. The molecule has 0 aliphatic carbocycles. The predicted molar refractivity (Wildman–Crippen MR) is 436 cm³/mol. The van der Waals surface area contributed by atoms with Gasteiger partial charge in [0.2, 0.25) is 0 Å². The van der Waals surface area contributed by atoms with Crippen molar-refractivity contribution in [2.45, 2.75) is 288 Å². The minimum Gasteiger partial charge on any atom is -0.371 e. The van der Waals surface area contributed by atoms with Crippen molar-refractivity contribution in [1.82, 2.24) is 29.7 Å². The Morgan fingerprint density at radius 1 is 0.433 bits per heavy atom. The van der Waals surface area contributed by atoms with Crippen LogP contribution in [0.15, 0.2) is 78.9 Å². The minimum absolute atomic E-state index is 0.0888. The number of aromatic nitrogens is 4. The molecule has 1 saturated heterocycles. The zero-order valence-corrected chi connectivity index (χ0v) is 66.0. The Hall–Kier alpha value is -8.18. The van der Waals surface area contributed by atoms with Crippen LogP contribution in [0.1, 0.15) is 342 Å². The Morgan fingerprint density at radius 3 is 1.23 bits per heavy atom. The van der Waals surface area contributed by atoms with Gasteiger partial charge in [0.1, 0.15) is 0 Å². The maximum Gasteiger partial charge on any atom is 0.261 e. The standard InChI is InChI=1S/C93H119N7O4/c1-16-21-26-31-36-68-58(6)84-80(62-40-42-66(43-41-62)98-51-48-67(49-52-98)100-90(103)74-46-44-72-82-73(45-47-75(83(74)82)91(100)104)89(102)99(88(72)101)50-35-30-25-20-5)85-59(7)69(37-32-27-22-17-2)77(95-85)57-79-71(39-34-29-24-19-4)61(9)87(97-79)81(63-53-64(92(10,11)12)55-65(54-63)93(13,14)15)86-60(8)70(38-33-28-23-18-3)78(96-86)56-76(68)94-84/h40-47,53-57,67,96-97H,16-39,48-52H2,1-15H3. The van der Waals surface area contributed by atoms with Crippen molar-refractivity contribution in [3.8, 4) is 22.3 Å². The van der Waals surface area contributed by atoms with Gasteiger partial charge in [-0.3, -0.25) is 29.0 Å². The van der Waals surface area contributed by atoms with Gasteiger partial charge < -0.3 is 14.9 Å². The number of carbonyl (C=O) groups excluding carboxylic acids is 4. The topological polar surface area (TPSA) is 135 Å². The molecule has 11 nitrogen and oxygen atoms in total. The maximum atomic E-state index is 14.8. The van der Waals surface area contributed by atoms with E-state index in [-0.39, 0.29) is 40.5 Å². The van der Waals surface area contributed by atoms with Gasteiger partial charge in [0.25, 0.3) is 23.6 Å². The second-order valence-corrected chi connectivity index (χ2v) is 33.2. The first-order valence-corrected chi connectivity index (χ1v) is 40.6. The number of fused-ring (bicyclic) bond motifs is 8. The van der Waals surface area contributed by atoms with Crippen LogP contribution in [0.3, 0.4) is 0 Å². The first-order chi connectivity index (χ1) is 50.0. The molecule has 0 unspecified atom stereocenters. The molecule has 2 N–H and O–H groups in total. The van der Waals surface area contributed by atoms with Gasteiger partial charge in [-0.25, -0.2) is 9.97 Å². The number of H-pyrrole nitrogens is 2. The number of amides is 4. The van der Waals surface area contributed by atoms with Crippen LogP contribution in [0.4, 0.5) is 5.69 Å². The van der Waals surface area contributed by atoms with Gasteiger partial charge in [-0.05, 0) is 224 Å². The van der Waals surface area contributed by atoms with Crippen LogP contribution in [-0.2, 0) is 23.7 Å². The van der Waals surface area contributed by atoms with E-state index < -0.39 is 0 Å². The van der Waals surface area contributed by atoms with Gasteiger partial charge >= 0.3 is 0 Å². The highest BCUT2D eigenvalue weighted by atomic mass is 16.2. The molecular formula is C93H119N7O4. The number of aromatic amines is 2. The van der Waals surface area contributed by atoms with Gasteiger partial charge in [-0.1, -0.05) is 203 Å². The monoisotopic (exact) mass is 1400 g/mol. The summed E-state index contributed by atoms with van der Waals surface area (Å²) in [6.07, 6.45) is 27.3. The van der Waals surface area contributed by atoms with E-state index in [9.17, 15) is 19.2 Å². The Bertz CT molecular complexity index is 4420. The number of unbranched alkanes of at least 4 members (excludes halogenated alkanes) is 15. The third-order valence-electron chi connectivity index (χ3n) is 23.7. The zero-order chi connectivity index (χ0) is 73.9. The molecule has 1 fully saturated rings. The fraction of sp³-hybridized carbons (Fsp3) is 0.505. The van der Waals surface area contributed by atoms with E-state index in [2.05, 4.69) is 173 Å². The van der Waals surface area contributed by atoms with Crippen LogP contribution < -0.4 is 4.90 Å². The molecule has 0 saturated carbocycles. The van der Waals surface area contributed by atoms with Crippen molar-refractivity contribution in [2.75, 3.05) is 24.5 Å². The Balaban J connectivity index is 1.01. The van der Waals surface area contributed by atoms with Crippen LogP contribution in [0, 0.1) is 13.8 Å². The van der Waals surface area contributed by atoms with E-state index in [0.29, 0.717) is 65.5 Å². The van der Waals surface area contributed by atoms with Crippen LogP contribution in [-0.4, -0.2) is 79.0 Å². The van der Waals surface area contributed by atoms with Crippen molar-refractivity contribution < 1.29 is 19.2 Å². The fourth-order valence-electron chi connectivity index (χ4n) is 17.3. The third-order valence-corrected chi connectivity index (χ3v) is 23.7. The summed E-state index contributed by atoms with van der Waals surface area (Å²) in [6.45, 7) is 36.6. The number of hydrogen-bond donors (Lipinski definition) is 2. The SMILES string of the molecule is CCCCCCC1=C(C)c2nc1cc1[nH]c(c(C)c1CCCCCC)c(-c1cc(C(C)(C)C)cc(C(C)(C)C)c1)c1[nH]c(cc3nc(c2-c2ccc(N4CCC(N5C(=O)c6ccc7c8c(ccc(c68)C5=O)C(=O)N(CCCCCC)C7=O)CC4)cc2)C(C)=C3CCCCCC)c(CCCCCC)c1C. The molecule has 5 aliphatic rings. The first kappa shape index (κ1) is 75.5. The highest BCUT2D eigenvalue weighted by molar-refractivity contribution is 6.33. The lowest BCUT2D eigenvalue weighted by Gasteiger charge is -2.40. The minimum atomic E-state index is -0.365. The van der Waals surface area contributed by atoms with Gasteiger partial charge in [0.15, 0.2) is 0 Å². The van der Waals surface area contributed by atoms with Crippen LogP contribution in [0.5, 0.6) is 0 Å². The number of carbonyl (C=O) groups is 4. The smallest absolute Gasteiger partial charge is 0.261 e. The number of piperidine rings is 1. The quantitative estimate of drug-likeness (QED) is 0.0352. The van der Waals surface area contributed by atoms with Gasteiger partial charge in [0.05, 0.1) is 33.8 Å². The average molecular weight is 1400 g/mol. The summed E-state index contributed by atoms with van der Waals surface area (Å²) >= 11 is 0. The summed E-state index contributed by atoms with van der Waals surface area (Å²) in [6, 6.07) is 27.9. The molecule has 5 aliphatic heterocycles. The Labute approximate surface area is 621 Å². The van der Waals surface area contributed by atoms with Gasteiger partial charge in [-0.2, -0.15) is 0 Å². The van der Waals surface area contributed by atoms with Gasteiger partial charge in [-0.15, -0.1) is 0 Å². The third kappa shape index (κ3) is 15.0. The number of anilines is 1. The van der Waals surface area contributed by atoms with Crippen LogP contribution in [0.25, 0.3) is 77.4 Å². The van der Waals surface area contributed by atoms with Crippen molar-refractivity contribution in [3.63, 3.8) is 0 Å². The molecule has 8 bridgehead atoms. The normalized spacial score (nSPS) is 15.2. The predicted octanol–water partition coefficient (Wildman–Crippen LogP) is 24.5. The highest BCUT2D eigenvalue weighted by Crippen LogP contribution is 2.48. The molecule has 4 aromatic carbocycles. The molecule has 104 heavy (non-hydrogen) atoms. The molecule has 550 valence electrons. The molecule has 4 amide bonds. The van der Waals surface area contributed by atoms with Crippen LogP contribution in [0.2, 0.25) is 0 Å². The van der Waals surface area contributed by atoms with Crippen molar-refractivity contribution in [2.24, 2.45) is 0 Å². The molecule has 8 heterocycles. The molecular weight excluding hydrogens is 1280 g/mol.